The zero-order valence-corrected chi connectivity index (χ0v) is 11.0. The number of aryl methyl sites for hydroxylation is 2. The molecule has 2 rings (SSSR count). The van der Waals surface area contributed by atoms with Gasteiger partial charge in [0.15, 0.2) is 0 Å². The maximum atomic E-state index is 13.1. The van der Waals surface area contributed by atoms with Gasteiger partial charge in [-0.3, -0.25) is 9.59 Å². The van der Waals surface area contributed by atoms with Crippen molar-refractivity contribution in [3.63, 3.8) is 0 Å². The number of alkyl halides is 4. The Balaban J connectivity index is 2.71. The molecule has 0 unspecified atom stereocenters. The number of fused-ring (bicyclic) bond motifs is 1. The summed E-state index contributed by atoms with van der Waals surface area (Å²) in [6.45, 7) is 3.27. The lowest BCUT2D eigenvalue weighted by Crippen LogP contribution is -2.39. The molecule has 0 bridgehead atoms. The maximum Gasteiger partial charge on any atom is 0.369 e. The third-order valence-electron chi connectivity index (χ3n) is 3.04. The molecule has 0 amide bonds. The number of halogens is 4. The Morgan fingerprint density at radius 3 is 2.43 bits per heavy atom. The molecule has 1 aromatic carbocycles. The Morgan fingerprint density at radius 1 is 1.24 bits per heavy atom. The van der Waals surface area contributed by atoms with E-state index in [1.54, 1.807) is 13.0 Å². The largest absolute Gasteiger partial charge is 0.463 e. The van der Waals surface area contributed by atoms with Gasteiger partial charge in [-0.05, 0) is 31.0 Å². The predicted octanol–water partition coefficient (Wildman–Crippen LogP) is 3.49. The van der Waals surface area contributed by atoms with Gasteiger partial charge in [0.2, 0.25) is 11.2 Å². The Hall–Kier alpha value is -2.18. The SMILES string of the molecule is Cc1cc(C)c2c(=O)c(C(=O)C(F)(F)C(F)F)coc2c1. The van der Waals surface area contributed by atoms with Crippen LogP contribution in [0.15, 0.2) is 27.6 Å². The number of ketones is 1. The third-order valence-corrected chi connectivity index (χ3v) is 3.04. The summed E-state index contributed by atoms with van der Waals surface area (Å²) in [4.78, 5) is 23.6. The lowest BCUT2D eigenvalue weighted by atomic mass is 10.0. The molecule has 0 N–H and O–H groups in total. The highest BCUT2D eigenvalue weighted by Crippen LogP contribution is 2.27. The second kappa shape index (κ2) is 4.98. The smallest absolute Gasteiger partial charge is 0.369 e. The van der Waals surface area contributed by atoms with Crippen LogP contribution in [0.5, 0.6) is 0 Å². The van der Waals surface area contributed by atoms with Crippen molar-refractivity contribution in [2.24, 2.45) is 0 Å². The summed E-state index contributed by atoms with van der Waals surface area (Å²) >= 11 is 0. The van der Waals surface area contributed by atoms with Crippen LogP contribution in [0.1, 0.15) is 21.5 Å². The first kappa shape index (κ1) is 15.2. The van der Waals surface area contributed by atoms with E-state index in [-0.39, 0.29) is 11.0 Å². The lowest BCUT2D eigenvalue weighted by molar-refractivity contribution is -0.0959. The molecule has 0 aliphatic heterocycles. The van der Waals surface area contributed by atoms with E-state index >= 15 is 0 Å². The highest BCUT2D eigenvalue weighted by molar-refractivity contribution is 6.03. The van der Waals surface area contributed by atoms with Gasteiger partial charge in [-0.1, -0.05) is 6.07 Å². The first-order valence-electron chi connectivity index (χ1n) is 5.89. The maximum absolute atomic E-state index is 13.1. The first-order chi connectivity index (χ1) is 9.66. The molecule has 7 heteroatoms. The minimum atomic E-state index is -4.93. The van der Waals surface area contributed by atoms with E-state index in [0.29, 0.717) is 11.8 Å². The summed E-state index contributed by atoms with van der Waals surface area (Å²) in [6, 6.07) is 3.09. The molecular formula is C14H10F4O3. The van der Waals surface area contributed by atoms with Gasteiger partial charge in [-0.2, -0.15) is 8.78 Å². The van der Waals surface area contributed by atoms with Gasteiger partial charge < -0.3 is 4.42 Å². The topological polar surface area (TPSA) is 47.3 Å². The summed E-state index contributed by atoms with van der Waals surface area (Å²) in [5.41, 5.74) is -0.845. The summed E-state index contributed by atoms with van der Waals surface area (Å²) < 4.78 is 55.6. The summed E-state index contributed by atoms with van der Waals surface area (Å²) in [6.07, 6.45) is -3.69. The molecule has 1 aromatic heterocycles. The van der Waals surface area contributed by atoms with Crippen molar-refractivity contribution in [1.82, 2.24) is 0 Å². The Morgan fingerprint density at radius 2 is 1.86 bits per heavy atom. The number of Topliss-reactive ketones (excluding diaryl/α,β-unsaturated/α-hetero) is 1. The highest BCUT2D eigenvalue weighted by atomic mass is 19.3. The van der Waals surface area contributed by atoms with Crippen LogP contribution >= 0.6 is 0 Å². The fraction of sp³-hybridized carbons (Fsp3) is 0.286. The van der Waals surface area contributed by atoms with Crippen molar-refractivity contribution < 1.29 is 26.8 Å². The van der Waals surface area contributed by atoms with Gasteiger partial charge in [0.25, 0.3) is 0 Å². The molecular weight excluding hydrogens is 292 g/mol. The lowest BCUT2D eigenvalue weighted by Gasteiger charge is -2.13. The van der Waals surface area contributed by atoms with Gasteiger partial charge in [-0.15, -0.1) is 0 Å². The van der Waals surface area contributed by atoms with Crippen molar-refractivity contribution in [3.05, 3.63) is 45.3 Å². The quantitative estimate of drug-likeness (QED) is 0.644. The molecule has 0 aliphatic rings. The molecule has 0 saturated carbocycles. The molecule has 0 fully saturated rings. The fourth-order valence-corrected chi connectivity index (χ4v) is 2.06. The van der Waals surface area contributed by atoms with Crippen molar-refractivity contribution in [3.8, 4) is 0 Å². The molecule has 1 heterocycles. The number of hydrogen-bond acceptors (Lipinski definition) is 3. The van der Waals surface area contributed by atoms with Crippen LogP contribution in [0, 0.1) is 13.8 Å². The molecule has 0 aliphatic carbocycles. The van der Waals surface area contributed by atoms with E-state index in [1.807, 2.05) is 0 Å². The van der Waals surface area contributed by atoms with Crippen LogP contribution < -0.4 is 5.43 Å². The molecule has 2 aromatic rings. The van der Waals surface area contributed by atoms with Gasteiger partial charge in [0.1, 0.15) is 17.4 Å². The Labute approximate surface area is 116 Å². The minimum Gasteiger partial charge on any atom is -0.463 e. The highest BCUT2D eigenvalue weighted by Gasteiger charge is 2.50. The van der Waals surface area contributed by atoms with Crippen molar-refractivity contribution in [1.29, 1.82) is 0 Å². The van der Waals surface area contributed by atoms with E-state index in [4.69, 9.17) is 4.42 Å². The van der Waals surface area contributed by atoms with Crippen molar-refractivity contribution >= 4 is 16.8 Å². The van der Waals surface area contributed by atoms with E-state index in [9.17, 15) is 27.2 Å². The van der Waals surface area contributed by atoms with Crippen LogP contribution in [0.3, 0.4) is 0 Å². The number of carbonyl (C=O) groups excluding carboxylic acids is 1. The predicted molar refractivity (Wildman–Crippen MR) is 67.2 cm³/mol. The molecule has 0 atom stereocenters. The average Bonchev–Trinajstić information content (AvgIpc) is 2.37. The van der Waals surface area contributed by atoms with Crippen LogP contribution in [0.2, 0.25) is 0 Å². The van der Waals surface area contributed by atoms with Crippen LogP contribution in [-0.4, -0.2) is 18.1 Å². The zero-order valence-electron chi connectivity index (χ0n) is 11.0. The molecule has 3 nitrogen and oxygen atoms in total. The van der Waals surface area contributed by atoms with Crippen LogP contribution in [0.25, 0.3) is 11.0 Å². The van der Waals surface area contributed by atoms with Crippen molar-refractivity contribution in [2.45, 2.75) is 26.2 Å². The Kier molecular flexibility index (Phi) is 3.61. The van der Waals surface area contributed by atoms with E-state index in [0.717, 1.165) is 5.56 Å². The average molecular weight is 302 g/mol. The monoisotopic (exact) mass is 302 g/mol. The number of carbonyl (C=O) groups is 1. The normalized spacial score (nSPS) is 12.1. The number of rotatable bonds is 3. The second-order valence-electron chi connectivity index (χ2n) is 4.69. The molecule has 0 saturated heterocycles. The third kappa shape index (κ3) is 2.43. The standard InChI is InChI=1S/C14H10F4O3/c1-6-3-7(2)10-9(4-6)21-5-8(11(10)19)12(20)14(17,18)13(15)16/h3-5,13H,1-2H3. The summed E-state index contributed by atoms with van der Waals surface area (Å²) in [7, 11) is 0. The summed E-state index contributed by atoms with van der Waals surface area (Å²) in [5.74, 6) is -7.17. The van der Waals surface area contributed by atoms with Crippen LogP contribution in [-0.2, 0) is 0 Å². The second-order valence-corrected chi connectivity index (χ2v) is 4.69. The van der Waals surface area contributed by atoms with Gasteiger partial charge in [0, 0.05) is 0 Å². The van der Waals surface area contributed by atoms with Gasteiger partial charge in [-0.25, -0.2) is 8.78 Å². The molecule has 112 valence electrons. The van der Waals surface area contributed by atoms with Crippen LogP contribution in [0.4, 0.5) is 17.6 Å². The zero-order chi connectivity index (χ0) is 15.9. The molecule has 0 spiro atoms. The van der Waals surface area contributed by atoms with E-state index < -0.39 is 29.1 Å². The fourth-order valence-electron chi connectivity index (χ4n) is 2.06. The molecule has 0 radical (unpaired) electrons. The number of hydrogen-bond donors (Lipinski definition) is 0. The first-order valence-corrected chi connectivity index (χ1v) is 5.89. The van der Waals surface area contributed by atoms with Gasteiger partial charge >= 0.3 is 12.3 Å². The Bertz CT molecular complexity index is 778. The van der Waals surface area contributed by atoms with E-state index in [2.05, 4.69) is 0 Å². The summed E-state index contributed by atoms with van der Waals surface area (Å²) in [5, 5.41) is -0.0727. The molecule has 21 heavy (non-hydrogen) atoms. The number of benzene rings is 1. The van der Waals surface area contributed by atoms with Crippen molar-refractivity contribution in [2.75, 3.05) is 0 Å². The van der Waals surface area contributed by atoms with E-state index in [1.165, 1.54) is 13.0 Å². The minimum absolute atomic E-state index is 0.0727. The van der Waals surface area contributed by atoms with Gasteiger partial charge in [0.05, 0.1) is 5.39 Å².